The van der Waals surface area contributed by atoms with Crippen molar-refractivity contribution in [3.8, 4) is 0 Å². The van der Waals surface area contributed by atoms with E-state index in [0.29, 0.717) is 13.0 Å². The molecule has 10 heteroatoms. The second-order valence-corrected chi connectivity index (χ2v) is 13.0. The molecular formula is C24H43N3O6S. The van der Waals surface area contributed by atoms with E-state index in [-0.39, 0.29) is 72.0 Å². The number of carbonyl (C=O) groups excluding carboxylic acids is 4. The zero-order chi connectivity index (χ0) is 26.3. The van der Waals surface area contributed by atoms with Gasteiger partial charge in [-0.25, -0.2) is 0 Å². The fraction of sp³-hybridized carbons (Fsp3) is 0.833. The number of nitrogens with two attached hydrogens (primary N) is 1. The Hall–Kier alpha value is -1.49. The SMILES string of the molecule is CC(C)C(=O)COC(C)(N)COC(C)(C)CCNC(=O)CCN1C(=O)CC(SC(C)(C)C)C1=O. The number of ketones is 1. The maximum atomic E-state index is 12.5. The molecule has 1 rings (SSSR count). The van der Waals surface area contributed by atoms with Gasteiger partial charge in [0.2, 0.25) is 17.7 Å². The van der Waals surface area contributed by atoms with Gasteiger partial charge in [0, 0.05) is 36.6 Å². The van der Waals surface area contributed by atoms with E-state index in [1.807, 2.05) is 34.6 Å². The summed E-state index contributed by atoms with van der Waals surface area (Å²) in [5.74, 6) is -0.824. The van der Waals surface area contributed by atoms with Crippen molar-refractivity contribution < 1.29 is 28.7 Å². The lowest BCUT2D eigenvalue weighted by Crippen LogP contribution is -2.48. The number of thioether (sulfide) groups is 1. The summed E-state index contributed by atoms with van der Waals surface area (Å²) in [6.45, 7) is 15.5. The molecule has 1 heterocycles. The Morgan fingerprint density at radius 2 is 1.76 bits per heavy atom. The molecular weight excluding hydrogens is 458 g/mol. The largest absolute Gasteiger partial charge is 0.371 e. The van der Waals surface area contributed by atoms with Crippen LogP contribution in [0.5, 0.6) is 0 Å². The van der Waals surface area contributed by atoms with Gasteiger partial charge in [-0.05, 0) is 27.2 Å². The second-order valence-electron chi connectivity index (χ2n) is 10.9. The molecule has 34 heavy (non-hydrogen) atoms. The van der Waals surface area contributed by atoms with Crippen molar-refractivity contribution >= 4 is 35.3 Å². The van der Waals surface area contributed by atoms with Crippen LogP contribution in [-0.2, 0) is 28.7 Å². The smallest absolute Gasteiger partial charge is 0.242 e. The highest BCUT2D eigenvalue weighted by Crippen LogP contribution is 2.34. The van der Waals surface area contributed by atoms with Crippen LogP contribution in [0.25, 0.3) is 0 Å². The van der Waals surface area contributed by atoms with Crippen molar-refractivity contribution in [2.75, 3.05) is 26.3 Å². The van der Waals surface area contributed by atoms with Crippen molar-refractivity contribution in [3.63, 3.8) is 0 Å². The van der Waals surface area contributed by atoms with Gasteiger partial charge >= 0.3 is 0 Å². The summed E-state index contributed by atoms with van der Waals surface area (Å²) >= 11 is 1.48. The van der Waals surface area contributed by atoms with E-state index < -0.39 is 11.3 Å². The van der Waals surface area contributed by atoms with Crippen LogP contribution < -0.4 is 11.1 Å². The number of likely N-dealkylation sites (tertiary alicyclic amines) is 1. The summed E-state index contributed by atoms with van der Waals surface area (Å²) in [6.07, 6.45) is 0.763. The van der Waals surface area contributed by atoms with Crippen molar-refractivity contribution in [2.45, 2.75) is 96.0 Å². The van der Waals surface area contributed by atoms with E-state index in [2.05, 4.69) is 5.32 Å². The number of ether oxygens (including phenoxy) is 2. The Labute approximate surface area is 208 Å². The third-order valence-electron chi connectivity index (χ3n) is 5.25. The van der Waals surface area contributed by atoms with Gasteiger partial charge in [-0.15, -0.1) is 11.8 Å². The molecule has 0 saturated carbocycles. The number of imide groups is 1. The quantitative estimate of drug-likeness (QED) is 0.274. The average molecular weight is 502 g/mol. The number of nitrogens with one attached hydrogen (secondary N) is 1. The summed E-state index contributed by atoms with van der Waals surface area (Å²) in [5.41, 5.74) is 4.39. The van der Waals surface area contributed by atoms with Crippen LogP contribution in [0.2, 0.25) is 0 Å². The van der Waals surface area contributed by atoms with Crippen molar-refractivity contribution in [3.05, 3.63) is 0 Å². The fourth-order valence-electron chi connectivity index (χ4n) is 3.07. The maximum absolute atomic E-state index is 12.5. The van der Waals surface area contributed by atoms with E-state index >= 15 is 0 Å². The van der Waals surface area contributed by atoms with Gasteiger partial charge in [0.05, 0.1) is 17.5 Å². The van der Waals surface area contributed by atoms with Gasteiger partial charge in [0.15, 0.2) is 5.78 Å². The summed E-state index contributed by atoms with van der Waals surface area (Å²) in [5, 5.41) is 2.43. The lowest BCUT2D eigenvalue weighted by atomic mass is 10.0. The number of hydrogen-bond donors (Lipinski definition) is 2. The van der Waals surface area contributed by atoms with E-state index in [4.69, 9.17) is 15.2 Å². The van der Waals surface area contributed by atoms with Crippen LogP contribution in [-0.4, -0.2) is 76.0 Å². The number of Topliss-reactive ketones (excluding diaryl/α,β-unsaturated/α-hetero) is 1. The van der Waals surface area contributed by atoms with Crippen LogP contribution in [0.4, 0.5) is 0 Å². The Kier molecular flexibility index (Phi) is 11.2. The normalized spacial score (nSPS) is 19.0. The minimum absolute atomic E-state index is 0.0283. The molecule has 9 nitrogen and oxygen atoms in total. The molecule has 0 spiro atoms. The van der Waals surface area contributed by atoms with Gasteiger partial charge < -0.3 is 20.5 Å². The van der Waals surface area contributed by atoms with Crippen molar-refractivity contribution in [1.29, 1.82) is 0 Å². The molecule has 0 aromatic rings. The summed E-state index contributed by atoms with van der Waals surface area (Å²) in [6, 6.07) is 0. The number of rotatable bonds is 14. The molecule has 1 aliphatic rings. The molecule has 0 radical (unpaired) electrons. The van der Waals surface area contributed by atoms with Crippen LogP contribution >= 0.6 is 11.8 Å². The standard InChI is InChI=1S/C24H43N3O6S/c1-16(2)17(28)14-32-24(8,25)15-33-23(6,7)10-11-26-19(29)9-12-27-20(30)13-18(21(27)31)34-22(3,4)5/h16,18H,9-15,25H2,1-8H3,(H,26,29). The number of carbonyl (C=O) groups is 4. The Bertz CT molecular complexity index is 745. The topological polar surface area (TPSA) is 128 Å². The van der Waals surface area contributed by atoms with Gasteiger partial charge in [-0.3, -0.25) is 24.1 Å². The third-order valence-corrected chi connectivity index (χ3v) is 6.61. The number of hydrogen-bond acceptors (Lipinski definition) is 8. The van der Waals surface area contributed by atoms with E-state index in [1.54, 1.807) is 20.8 Å². The maximum Gasteiger partial charge on any atom is 0.242 e. The number of nitrogens with zero attached hydrogens (tertiary/aromatic N) is 1. The minimum atomic E-state index is -1.11. The molecule has 3 N–H and O–H groups in total. The number of amides is 3. The zero-order valence-corrected chi connectivity index (χ0v) is 22.8. The van der Waals surface area contributed by atoms with Crippen molar-refractivity contribution in [1.82, 2.24) is 10.2 Å². The van der Waals surface area contributed by atoms with Gasteiger partial charge in [0.1, 0.15) is 12.3 Å². The summed E-state index contributed by atoms with van der Waals surface area (Å²) < 4.78 is 11.2. The van der Waals surface area contributed by atoms with Crippen LogP contribution in [0.1, 0.15) is 74.7 Å². The highest BCUT2D eigenvalue weighted by atomic mass is 32.2. The van der Waals surface area contributed by atoms with Crippen LogP contribution in [0, 0.1) is 5.92 Å². The van der Waals surface area contributed by atoms with Gasteiger partial charge in [-0.1, -0.05) is 34.6 Å². The Balaban J connectivity index is 2.37. The second kappa shape index (κ2) is 12.5. The van der Waals surface area contributed by atoms with E-state index in [1.165, 1.54) is 16.7 Å². The first kappa shape index (κ1) is 30.5. The van der Waals surface area contributed by atoms with Crippen molar-refractivity contribution in [2.24, 2.45) is 11.7 Å². The molecule has 196 valence electrons. The average Bonchev–Trinajstić information content (AvgIpc) is 2.94. The lowest BCUT2D eigenvalue weighted by molar-refractivity contribution is -0.147. The highest BCUT2D eigenvalue weighted by molar-refractivity contribution is 8.01. The lowest BCUT2D eigenvalue weighted by Gasteiger charge is -2.32. The first-order chi connectivity index (χ1) is 15.4. The molecule has 1 fully saturated rings. The summed E-state index contributed by atoms with van der Waals surface area (Å²) in [7, 11) is 0. The molecule has 3 amide bonds. The Morgan fingerprint density at radius 1 is 1.15 bits per heavy atom. The molecule has 1 saturated heterocycles. The monoisotopic (exact) mass is 501 g/mol. The van der Waals surface area contributed by atoms with Gasteiger partial charge in [0.25, 0.3) is 0 Å². The first-order valence-electron chi connectivity index (χ1n) is 11.8. The molecule has 2 unspecified atom stereocenters. The van der Waals surface area contributed by atoms with E-state index in [9.17, 15) is 19.2 Å². The fourth-order valence-corrected chi connectivity index (χ4v) is 4.37. The predicted octanol–water partition coefficient (Wildman–Crippen LogP) is 2.25. The predicted molar refractivity (Wildman–Crippen MR) is 133 cm³/mol. The van der Waals surface area contributed by atoms with E-state index in [0.717, 1.165) is 0 Å². The minimum Gasteiger partial charge on any atom is -0.371 e. The van der Waals surface area contributed by atoms with Crippen LogP contribution in [0.15, 0.2) is 0 Å². The van der Waals surface area contributed by atoms with Crippen LogP contribution in [0.3, 0.4) is 0 Å². The molecule has 0 aliphatic carbocycles. The third kappa shape index (κ3) is 11.3. The first-order valence-corrected chi connectivity index (χ1v) is 12.7. The Morgan fingerprint density at radius 3 is 2.32 bits per heavy atom. The zero-order valence-electron chi connectivity index (χ0n) is 22.0. The van der Waals surface area contributed by atoms with Gasteiger partial charge in [-0.2, -0.15) is 0 Å². The molecule has 2 atom stereocenters. The molecule has 0 aromatic heterocycles. The molecule has 0 aromatic carbocycles. The summed E-state index contributed by atoms with van der Waals surface area (Å²) in [4.78, 5) is 49.9. The molecule has 1 aliphatic heterocycles. The highest BCUT2D eigenvalue weighted by Gasteiger charge is 2.40. The molecule has 0 bridgehead atoms.